The first-order valence-electron chi connectivity index (χ1n) is 4.70. The largest absolute Gasteiger partial charge is 0.295 e. The molecule has 0 heterocycles. The highest BCUT2D eigenvalue weighted by Crippen LogP contribution is 2.27. The summed E-state index contributed by atoms with van der Waals surface area (Å²) in [7, 11) is 0. The quantitative estimate of drug-likeness (QED) is 0.616. The minimum absolute atomic E-state index is 0.318. The van der Waals surface area contributed by atoms with Gasteiger partial charge in [-0.05, 0) is 30.8 Å². The Balaban J connectivity index is 2.34. The van der Waals surface area contributed by atoms with Crippen molar-refractivity contribution >= 4 is 5.78 Å². The average molecular weight is 166 g/mol. The molecule has 0 saturated carbocycles. The minimum Gasteiger partial charge on any atom is -0.295 e. The lowest BCUT2D eigenvalue weighted by atomic mass is 9.88. The molecule has 1 aliphatic carbocycles. The van der Waals surface area contributed by atoms with E-state index in [2.05, 4.69) is 20.8 Å². The summed E-state index contributed by atoms with van der Waals surface area (Å²) in [6.45, 7) is 6.72. The molecule has 0 aromatic carbocycles. The van der Waals surface area contributed by atoms with Crippen molar-refractivity contribution in [3.8, 4) is 0 Å². The van der Waals surface area contributed by atoms with Crippen molar-refractivity contribution in [2.45, 2.75) is 46.5 Å². The van der Waals surface area contributed by atoms with Gasteiger partial charge in [0.05, 0.1) is 0 Å². The van der Waals surface area contributed by atoms with Gasteiger partial charge in [-0.3, -0.25) is 4.79 Å². The smallest absolute Gasteiger partial charge is 0.155 e. The Morgan fingerprint density at radius 2 is 2.00 bits per heavy atom. The normalized spacial score (nSPS) is 18.2. The van der Waals surface area contributed by atoms with Crippen LogP contribution in [-0.2, 0) is 4.79 Å². The Bertz CT molecular complexity index is 206. The lowest BCUT2D eigenvalue weighted by Gasteiger charge is -2.17. The van der Waals surface area contributed by atoms with Crippen molar-refractivity contribution < 1.29 is 4.79 Å². The molecule has 0 aromatic rings. The molecule has 0 fully saturated rings. The van der Waals surface area contributed by atoms with E-state index in [1.807, 2.05) is 6.08 Å². The number of ketones is 1. The van der Waals surface area contributed by atoms with Crippen molar-refractivity contribution in [3.05, 3.63) is 11.6 Å². The second-order valence-corrected chi connectivity index (χ2v) is 4.83. The van der Waals surface area contributed by atoms with Gasteiger partial charge in [-0.15, -0.1) is 0 Å². The van der Waals surface area contributed by atoms with Crippen molar-refractivity contribution in [3.63, 3.8) is 0 Å². The predicted molar refractivity (Wildman–Crippen MR) is 51.0 cm³/mol. The first kappa shape index (κ1) is 9.50. The molecular formula is C11H18O. The molecular weight excluding hydrogens is 148 g/mol. The summed E-state index contributed by atoms with van der Waals surface area (Å²) in [5.41, 5.74) is 1.75. The molecule has 1 nitrogen and oxygen atoms in total. The van der Waals surface area contributed by atoms with Crippen LogP contribution in [0.4, 0.5) is 0 Å². The fraction of sp³-hybridized carbons (Fsp3) is 0.727. The fourth-order valence-electron chi connectivity index (χ4n) is 1.39. The van der Waals surface area contributed by atoms with Crippen LogP contribution in [0.3, 0.4) is 0 Å². The first-order chi connectivity index (χ1) is 5.47. The van der Waals surface area contributed by atoms with Gasteiger partial charge in [-0.2, -0.15) is 0 Å². The molecule has 0 spiro atoms. The van der Waals surface area contributed by atoms with E-state index in [1.165, 1.54) is 12.0 Å². The molecule has 1 heteroatoms. The highest BCUT2D eigenvalue weighted by Gasteiger charge is 2.15. The van der Waals surface area contributed by atoms with Gasteiger partial charge in [0.15, 0.2) is 5.78 Å². The average Bonchev–Trinajstić information content (AvgIpc) is 2.30. The second-order valence-electron chi connectivity index (χ2n) is 4.83. The lowest BCUT2D eigenvalue weighted by Crippen LogP contribution is -2.04. The fourth-order valence-corrected chi connectivity index (χ4v) is 1.39. The van der Waals surface area contributed by atoms with Gasteiger partial charge in [0.1, 0.15) is 0 Å². The van der Waals surface area contributed by atoms with E-state index in [0.29, 0.717) is 11.2 Å². The molecule has 0 aliphatic heterocycles. The Morgan fingerprint density at radius 3 is 2.42 bits per heavy atom. The van der Waals surface area contributed by atoms with E-state index in [4.69, 9.17) is 0 Å². The number of hydrogen-bond acceptors (Lipinski definition) is 1. The molecule has 0 atom stereocenters. The zero-order valence-corrected chi connectivity index (χ0v) is 8.31. The van der Waals surface area contributed by atoms with Gasteiger partial charge in [-0.25, -0.2) is 0 Å². The number of hydrogen-bond donors (Lipinski definition) is 0. The Kier molecular flexibility index (Phi) is 2.71. The number of carbonyl (C=O) groups excluding carboxylic acids is 1. The maximum atomic E-state index is 10.9. The maximum Gasteiger partial charge on any atom is 0.155 e. The van der Waals surface area contributed by atoms with E-state index in [9.17, 15) is 4.79 Å². The third kappa shape index (κ3) is 3.21. The molecule has 1 aliphatic rings. The van der Waals surface area contributed by atoms with Crippen molar-refractivity contribution in [2.24, 2.45) is 5.41 Å². The maximum absolute atomic E-state index is 10.9. The Hall–Kier alpha value is -0.590. The predicted octanol–water partition coefficient (Wildman–Crippen LogP) is 3.10. The molecule has 0 radical (unpaired) electrons. The van der Waals surface area contributed by atoms with Crippen molar-refractivity contribution in [2.75, 3.05) is 0 Å². The van der Waals surface area contributed by atoms with Crippen LogP contribution in [0.5, 0.6) is 0 Å². The zero-order chi connectivity index (χ0) is 9.19. The highest BCUT2D eigenvalue weighted by molar-refractivity contribution is 5.92. The van der Waals surface area contributed by atoms with Crippen LogP contribution in [-0.4, -0.2) is 5.78 Å². The minimum atomic E-state index is 0.318. The molecule has 0 bridgehead atoms. The summed E-state index contributed by atoms with van der Waals surface area (Å²) < 4.78 is 0. The van der Waals surface area contributed by atoms with Crippen LogP contribution in [0, 0.1) is 5.41 Å². The molecule has 0 N–H and O–H groups in total. The summed E-state index contributed by atoms with van der Waals surface area (Å²) in [6, 6.07) is 0. The van der Waals surface area contributed by atoms with Crippen molar-refractivity contribution in [1.82, 2.24) is 0 Å². The lowest BCUT2D eigenvalue weighted by molar-refractivity contribution is -0.114. The van der Waals surface area contributed by atoms with Crippen LogP contribution < -0.4 is 0 Å². The molecule has 0 unspecified atom stereocenters. The molecule has 0 aromatic heterocycles. The van der Waals surface area contributed by atoms with Crippen LogP contribution >= 0.6 is 0 Å². The first-order valence-corrected chi connectivity index (χ1v) is 4.70. The zero-order valence-electron chi connectivity index (χ0n) is 8.31. The van der Waals surface area contributed by atoms with E-state index in [0.717, 1.165) is 19.3 Å². The number of carbonyl (C=O) groups is 1. The highest BCUT2D eigenvalue weighted by atomic mass is 16.1. The standard InChI is InChI=1S/C11H18O/c1-11(2,3)7-6-9-4-5-10(12)8-9/h8H,4-7H2,1-3H3. The van der Waals surface area contributed by atoms with Crippen molar-refractivity contribution in [1.29, 1.82) is 0 Å². The van der Waals surface area contributed by atoms with Crippen LogP contribution in [0.2, 0.25) is 0 Å². The van der Waals surface area contributed by atoms with Gasteiger partial charge >= 0.3 is 0 Å². The number of allylic oxidation sites excluding steroid dienone is 2. The molecule has 0 amide bonds. The summed E-state index contributed by atoms with van der Waals surface area (Å²) >= 11 is 0. The number of rotatable bonds is 2. The van der Waals surface area contributed by atoms with Crippen LogP contribution in [0.25, 0.3) is 0 Å². The second kappa shape index (κ2) is 3.42. The van der Waals surface area contributed by atoms with Gasteiger partial charge < -0.3 is 0 Å². The van der Waals surface area contributed by atoms with E-state index >= 15 is 0 Å². The molecule has 68 valence electrons. The molecule has 1 rings (SSSR count). The Morgan fingerprint density at radius 1 is 1.33 bits per heavy atom. The summed E-state index contributed by atoms with van der Waals surface area (Å²) in [4.78, 5) is 10.9. The van der Waals surface area contributed by atoms with Gasteiger partial charge in [-0.1, -0.05) is 26.3 Å². The summed E-state index contributed by atoms with van der Waals surface area (Å²) in [5, 5.41) is 0. The van der Waals surface area contributed by atoms with Crippen LogP contribution in [0.15, 0.2) is 11.6 Å². The molecule has 0 saturated heterocycles. The third-order valence-electron chi connectivity index (χ3n) is 2.25. The molecule has 12 heavy (non-hydrogen) atoms. The summed E-state index contributed by atoms with van der Waals surface area (Å²) in [6.07, 6.45) is 5.89. The van der Waals surface area contributed by atoms with Gasteiger partial charge in [0.25, 0.3) is 0 Å². The van der Waals surface area contributed by atoms with Gasteiger partial charge in [0, 0.05) is 6.42 Å². The summed E-state index contributed by atoms with van der Waals surface area (Å²) in [5.74, 6) is 0.318. The van der Waals surface area contributed by atoms with Crippen LogP contribution in [0.1, 0.15) is 46.5 Å². The topological polar surface area (TPSA) is 17.1 Å². The third-order valence-corrected chi connectivity index (χ3v) is 2.25. The van der Waals surface area contributed by atoms with E-state index in [-0.39, 0.29) is 0 Å². The van der Waals surface area contributed by atoms with E-state index < -0.39 is 0 Å². The van der Waals surface area contributed by atoms with Gasteiger partial charge in [0.2, 0.25) is 0 Å². The van der Waals surface area contributed by atoms with E-state index in [1.54, 1.807) is 0 Å². The SMILES string of the molecule is CC(C)(C)CCC1=CC(=O)CC1. The Labute approximate surface area is 74.9 Å². The monoisotopic (exact) mass is 166 g/mol.